The summed E-state index contributed by atoms with van der Waals surface area (Å²) in [5.74, 6) is 2.57. The SMILES string of the molecule is CON(C)C(=O)CC1CB(C#N)C1. The summed E-state index contributed by atoms with van der Waals surface area (Å²) < 4.78 is 0. The molecule has 5 heteroatoms. The second kappa shape index (κ2) is 4.29. The van der Waals surface area contributed by atoms with Gasteiger partial charge in [-0.05, 0) is 5.92 Å². The molecule has 1 saturated heterocycles. The summed E-state index contributed by atoms with van der Waals surface area (Å²) in [6, 6.07) is 0. The molecule has 0 aromatic heterocycles. The van der Waals surface area contributed by atoms with Crippen molar-refractivity contribution in [3.8, 4) is 5.97 Å². The summed E-state index contributed by atoms with van der Waals surface area (Å²) in [5, 5.41) is 9.76. The van der Waals surface area contributed by atoms with Gasteiger partial charge in [-0.1, -0.05) is 12.6 Å². The van der Waals surface area contributed by atoms with Gasteiger partial charge in [-0.2, -0.15) is 0 Å². The van der Waals surface area contributed by atoms with Crippen LogP contribution >= 0.6 is 0 Å². The molecule has 1 amide bonds. The molecule has 1 aliphatic heterocycles. The molecule has 1 rings (SSSR count). The predicted octanol–water partition coefficient (Wildman–Crippen LogP) is 0.584. The van der Waals surface area contributed by atoms with E-state index < -0.39 is 0 Å². The Labute approximate surface area is 78.5 Å². The van der Waals surface area contributed by atoms with Gasteiger partial charge in [-0.15, -0.1) is 0 Å². The lowest BCUT2D eigenvalue weighted by Crippen LogP contribution is -2.35. The Hall–Kier alpha value is -1.02. The first-order valence-corrected chi connectivity index (χ1v) is 4.37. The maximum Gasteiger partial charge on any atom is 0.268 e. The van der Waals surface area contributed by atoms with Crippen LogP contribution in [0.3, 0.4) is 0 Å². The van der Waals surface area contributed by atoms with Crippen LogP contribution in [0.25, 0.3) is 0 Å². The zero-order chi connectivity index (χ0) is 9.84. The van der Waals surface area contributed by atoms with Gasteiger partial charge < -0.3 is 0 Å². The highest BCUT2D eigenvalue weighted by atomic mass is 16.7. The van der Waals surface area contributed by atoms with Crippen molar-refractivity contribution in [2.75, 3.05) is 14.2 Å². The smallest absolute Gasteiger partial charge is 0.268 e. The molecule has 0 bridgehead atoms. The van der Waals surface area contributed by atoms with E-state index in [1.54, 1.807) is 7.05 Å². The van der Waals surface area contributed by atoms with Gasteiger partial charge in [0.2, 0.25) is 5.91 Å². The third-order valence-electron chi connectivity index (χ3n) is 2.51. The zero-order valence-electron chi connectivity index (χ0n) is 7.99. The topological polar surface area (TPSA) is 53.3 Å². The van der Waals surface area contributed by atoms with Crippen LogP contribution in [0.15, 0.2) is 0 Å². The third-order valence-corrected chi connectivity index (χ3v) is 2.51. The highest BCUT2D eigenvalue weighted by Gasteiger charge is 2.34. The van der Waals surface area contributed by atoms with Crippen molar-refractivity contribution < 1.29 is 9.63 Å². The van der Waals surface area contributed by atoms with Gasteiger partial charge in [-0.25, -0.2) is 10.3 Å². The molecule has 1 heterocycles. The number of hydrogen-bond acceptors (Lipinski definition) is 3. The van der Waals surface area contributed by atoms with Crippen molar-refractivity contribution in [2.45, 2.75) is 19.1 Å². The second-order valence-electron chi connectivity index (χ2n) is 3.44. The highest BCUT2D eigenvalue weighted by Crippen LogP contribution is 2.31. The summed E-state index contributed by atoms with van der Waals surface area (Å²) in [4.78, 5) is 16.0. The molecular formula is C8H13BN2O2. The summed E-state index contributed by atoms with van der Waals surface area (Å²) in [5.41, 5.74) is 0. The molecule has 0 radical (unpaired) electrons. The van der Waals surface area contributed by atoms with Crippen LogP contribution in [0.1, 0.15) is 6.42 Å². The molecule has 0 spiro atoms. The Kier molecular flexibility index (Phi) is 3.32. The number of nitrogens with zero attached hydrogens (tertiary/aromatic N) is 2. The molecule has 0 saturated carbocycles. The first kappa shape index (κ1) is 10.1. The molecular weight excluding hydrogens is 167 g/mol. The van der Waals surface area contributed by atoms with Crippen molar-refractivity contribution in [3.05, 3.63) is 0 Å². The van der Waals surface area contributed by atoms with Gasteiger partial charge in [0.1, 0.15) is 0 Å². The fraction of sp³-hybridized carbons (Fsp3) is 0.750. The van der Waals surface area contributed by atoms with Crippen LogP contribution in [-0.2, 0) is 9.63 Å². The van der Waals surface area contributed by atoms with Gasteiger partial charge in [0.25, 0.3) is 6.71 Å². The van der Waals surface area contributed by atoms with E-state index in [9.17, 15) is 4.79 Å². The first-order chi connectivity index (χ1) is 6.17. The van der Waals surface area contributed by atoms with Crippen LogP contribution < -0.4 is 0 Å². The molecule has 13 heavy (non-hydrogen) atoms. The van der Waals surface area contributed by atoms with Crippen LogP contribution in [-0.4, -0.2) is 31.8 Å². The molecule has 0 N–H and O–H groups in total. The van der Waals surface area contributed by atoms with Crippen molar-refractivity contribution in [2.24, 2.45) is 5.92 Å². The van der Waals surface area contributed by atoms with E-state index in [4.69, 9.17) is 10.1 Å². The maximum atomic E-state index is 11.3. The maximum absolute atomic E-state index is 11.3. The zero-order valence-corrected chi connectivity index (χ0v) is 7.99. The number of nitriles is 1. The molecule has 0 aliphatic carbocycles. The average Bonchev–Trinajstić information content (AvgIpc) is 2.08. The predicted molar refractivity (Wildman–Crippen MR) is 48.9 cm³/mol. The van der Waals surface area contributed by atoms with E-state index in [-0.39, 0.29) is 12.6 Å². The van der Waals surface area contributed by atoms with E-state index in [0.29, 0.717) is 12.3 Å². The van der Waals surface area contributed by atoms with Gasteiger partial charge in [0.05, 0.1) is 7.11 Å². The first-order valence-electron chi connectivity index (χ1n) is 4.37. The molecule has 0 atom stereocenters. The largest absolute Gasteiger partial charge is 0.275 e. The van der Waals surface area contributed by atoms with Crippen molar-refractivity contribution >= 4 is 12.6 Å². The number of carbonyl (C=O) groups excluding carboxylic acids is 1. The molecule has 1 aliphatic rings. The lowest BCUT2D eigenvalue weighted by Gasteiger charge is -2.28. The summed E-state index contributed by atoms with van der Waals surface area (Å²) in [7, 11) is 3.07. The van der Waals surface area contributed by atoms with E-state index in [1.807, 2.05) is 0 Å². The van der Waals surface area contributed by atoms with Crippen LogP contribution in [0.2, 0.25) is 12.6 Å². The quantitative estimate of drug-likeness (QED) is 0.471. The fourth-order valence-electron chi connectivity index (χ4n) is 1.49. The fourth-order valence-corrected chi connectivity index (χ4v) is 1.49. The Balaban J connectivity index is 2.21. The summed E-state index contributed by atoms with van der Waals surface area (Å²) >= 11 is 0. The lowest BCUT2D eigenvalue weighted by molar-refractivity contribution is -0.169. The number of hydrogen-bond donors (Lipinski definition) is 0. The number of carbonyl (C=O) groups is 1. The summed E-state index contributed by atoms with van der Waals surface area (Å²) in [6.07, 6.45) is 2.22. The van der Waals surface area contributed by atoms with E-state index >= 15 is 0 Å². The number of rotatable bonds is 3. The van der Waals surface area contributed by atoms with Crippen molar-refractivity contribution in [1.82, 2.24) is 5.06 Å². The highest BCUT2D eigenvalue weighted by molar-refractivity contribution is 6.69. The minimum atomic E-state index is -0.0103. The second-order valence-corrected chi connectivity index (χ2v) is 3.44. The lowest BCUT2D eigenvalue weighted by atomic mass is 9.32. The number of hydroxylamine groups is 2. The van der Waals surface area contributed by atoms with Gasteiger partial charge in [0, 0.05) is 19.4 Å². The van der Waals surface area contributed by atoms with Crippen molar-refractivity contribution in [3.63, 3.8) is 0 Å². The Morgan fingerprint density at radius 2 is 2.38 bits per heavy atom. The van der Waals surface area contributed by atoms with Crippen LogP contribution in [0.5, 0.6) is 0 Å². The molecule has 70 valence electrons. The molecule has 0 aromatic rings. The Bertz CT molecular complexity index is 233. The number of amides is 1. The third kappa shape index (κ3) is 2.46. The van der Waals surface area contributed by atoms with Gasteiger partial charge in [-0.3, -0.25) is 9.63 Å². The Morgan fingerprint density at radius 1 is 1.77 bits per heavy atom. The van der Waals surface area contributed by atoms with E-state index in [2.05, 4.69) is 5.97 Å². The molecule has 1 fully saturated rings. The van der Waals surface area contributed by atoms with E-state index in [1.165, 1.54) is 12.2 Å². The van der Waals surface area contributed by atoms with E-state index in [0.717, 1.165) is 12.6 Å². The monoisotopic (exact) mass is 180 g/mol. The molecule has 0 aromatic carbocycles. The normalized spacial score (nSPS) is 16.2. The average molecular weight is 180 g/mol. The molecule has 4 nitrogen and oxygen atoms in total. The van der Waals surface area contributed by atoms with Crippen molar-refractivity contribution in [1.29, 1.82) is 5.26 Å². The summed E-state index contributed by atoms with van der Waals surface area (Å²) in [6.45, 7) is 0.172. The van der Waals surface area contributed by atoms with Crippen LogP contribution in [0, 0.1) is 17.1 Å². The minimum Gasteiger partial charge on any atom is -0.275 e. The standard InChI is InChI=1S/C8H13BN2O2/c1-11(13-2)8(12)3-7-4-9(5-7)6-10/h7H,3-5H2,1-2H3. The molecule has 0 unspecified atom stereocenters. The van der Waals surface area contributed by atoms with Crippen LogP contribution in [0.4, 0.5) is 0 Å². The Morgan fingerprint density at radius 3 is 2.85 bits per heavy atom. The van der Waals surface area contributed by atoms with Gasteiger partial charge in [0.15, 0.2) is 0 Å². The van der Waals surface area contributed by atoms with Gasteiger partial charge >= 0.3 is 0 Å². The minimum absolute atomic E-state index is 0.0103.